The van der Waals surface area contributed by atoms with Gasteiger partial charge in [-0.3, -0.25) is 4.99 Å². The summed E-state index contributed by atoms with van der Waals surface area (Å²) in [5, 5.41) is 6.94. The van der Waals surface area contributed by atoms with Crippen LogP contribution in [-0.4, -0.2) is 43.1 Å². The van der Waals surface area contributed by atoms with Crippen molar-refractivity contribution in [3.05, 3.63) is 35.9 Å². The quantitative estimate of drug-likeness (QED) is 0.659. The molecule has 0 atom stereocenters. The molecule has 2 N–H and O–H groups in total. The van der Waals surface area contributed by atoms with E-state index in [2.05, 4.69) is 58.6 Å². The molecule has 0 unspecified atom stereocenters. The van der Waals surface area contributed by atoms with Gasteiger partial charge in [-0.15, -0.1) is 0 Å². The van der Waals surface area contributed by atoms with Gasteiger partial charge < -0.3 is 15.5 Å². The van der Waals surface area contributed by atoms with Gasteiger partial charge in [0, 0.05) is 38.8 Å². The van der Waals surface area contributed by atoms with E-state index in [0.29, 0.717) is 12.1 Å². The molecule has 1 fully saturated rings. The Balaban J connectivity index is 1.76. The van der Waals surface area contributed by atoms with E-state index < -0.39 is 0 Å². The van der Waals surface area contributed by atoms with Crippen LogP contribution in [0.3, 0.4) is 0 Å². The first-order valence-electron chi connectivity index (χ1n) is 7.94. The third-order valence-corrected chi connectivity index (χ3v) is 4.13. The van der Waals surface area contributed by atoms with Gasteiger partial charge >= 0.3 is 0 Å². The molecule has 0 aliphatic carbocycles. The van der Waals surface area contributed by atoms with Gasteiger partial charge in [-0.05, 0) is 32.3 Å². The number of hydrogen-bond acceptors (Lipinski definition) is 2. The molecule has 116 valence electrons. The molecule has 1 heterocycles. The van der Waals surface area contributed by atoms with Crippen LogP contribution in [0, 0.1) is 0 Å². The van der Waals surface area contributed by atoms with Crippen molar-refractivity contribution in [1.29, 1.82) is 0 Å². The number of piperidine rings is 1. The largest absolute Gasteiger partial charge is 0.354 e. The average molecular weight is 288 g/mol. The van der Waals surface area contributed by atoms with Crippen molar-refractivity contribution in [2.24, 2.45) is 4.99 Å². The van der Waals surface area contributed by atoms with Crippen LogP contribution < -0.4 is 10.6 Å². The van der Waals surface area contributed by atoms with Crippen LogP contribution in [0.4, 0.5) is 0 Å². The second-order valence-corrected chi connectivity index (χ2v) is 5.96. The molecular weight excluding hydrogens is 260 g/mol. The highest BCUT2D eigenvalue weighted by atomic mass is 15.2. The van der Waals surface area contributed by atoms with E-state index in [9.17, 15) is 0 Å². The first-order valence-corrected chi connectivity index (χ1v) is 7.94. The number of guanidine groups is 1. The lowest BCUT2D eigenvalue weighted by Gasteiger charge is -2.35. The summed E-state index contributed by atoms with van der Waals surface area (Å²) in [5.74, 6) is 0.904. The summed E-state index contributed by atoms with van der Waals surface area (Å²) >= 11 is 0. The Kier molecular flexibility index (Phi) is 6.05. The SMILES string of the molecule is CN=C(NCc1ccccc1)NC1CCN(C(C)C)CC1. The Morgan fingerprint density at radius 1 is 1.24 bits per heavy atom. The second-order valence-electron chi connectivity index (χ2n) is 5.96. The highest BCUT2D eigenvalue weighted by Gasteiger charge is 2.21. The number of likely N-dealkylation sites (tertiary alicyclic amines) is 1. The normalized spacial score (nSPS) is 18.0. The van der Waals surface area contributed by atoms with Crippen LogP contribution in [0.25, 0.3) is 0 Å². The summed E-state index contributed by atoms with van der Waals surface area (Å²) < 4.78 is 0. The van der Waals surface area contributed by atoms with Crippen molar-refractivity contribution < 1.29 is 0 Å². The molecule has 1 saturated heterocycles. The summed E-state index contributed by atoms with van der Waals surface area (Å²) in [5.41, 5.74) is 1.27. The fraction of sp³-hybridized carbons (Fsp3) is 0.588. The Hall–Kier alpha value is -1.55. The Morgan fingerprint density at radius 3 is 2.48 bits per heavy atom. The van der Waals surface area contributed by atoms with Crippen LogP contribution in [0.1, 0.15) is 32.3 Å². The minimum absolute atomic E-state index is 0.530. The third kappa shape index (κ3) is 5.05. The number of rotatable bonds is 4. The zero-order valence-electron chi connectivity index (χ0n) is 13.5. The van der Waals surface area contributed by atoms with Gasteiger partial charge in [-0.1, -0.05) is 30.3 Å². The van der Waals surface area contributed by atoms with Gasteiger partial charge in [0.05, 0.1) is 0 Å². The predicted octanol–water partition coefficient (Wildman–Crippen LogP) is 2.22. The van der Waals surface area contributed by atoms with E-state index in [-0.39, 0.29) is 0 Å². The van der Waals surface area contributed by atoms with Crippen molar-refractivity contribution in [2.75, 3.05) is 20.1 Å². The van der Waals surface area contributed by atoms with Crippen LogP contribution in [0.15, 0.2) is 35.3 Å². The van der Waals surface area contributed by atoms with E-state index in [1.54, 1.807) is 0 Å². The molecule has 0 spiro atoms. The van der Waals surface area contributed by atoms with Gasteiger partial charge in [0.25, 0.3) is 0 Å². The van der Waals surface area contributed by atoms with E-state index in [1.165, 1.54) is 31.5 Å². The standard InChI is InChI=1S/C17H28N4/c1-14(2)21-11-9-16(10-12-21)20-17(18-3)19-13-15-7-5-4-6-8-15/h4-8,14,16H,9-13H2,1-3H3,(H2,18,19,20). The molecule has 4 heteroatoms. The first kappa shape index (κ1) is 15.8. The number of nitrogens with zero attached hydrogens (tertiary/aromatic N) is 2. The zero-order valence-corrected chi connectivity index (χ0v) is 13.5. The molecule has 1 aromatic carbocycles. The molecule has 0 saturated carbocycles. The molecule has 4 nitrogen and oxygen atoms in total. The molecule has 0 radical (unpaired) electrons. The van der Waals surface area contributed by atoms with Crippen LogP contribution >= 0.6 is 0 Å². The summed E-state index contributed by atoms with van der Waals surface area (Å²) in [7, 11) is 1.84. The van der Waals surface area contributed by atoms with Crippen molar-refractivity contribution in [2.45, 2.75) is 45.3 Å². The molecule has 1 aromatic rings. The summed E-state index contributed by atoms with van der Waals surface area (Å²) in [6.07, 6.45) is 2.37. The molecule has 0 bridgehead atoms. The lowest BCUT2D eigenvalue weighted by molar-refractivity contribution is 0.167. The van der Waals surface area contributed by atoms with E-state index in [4.69, 9.17) is 0 Å². The lowest BCUT2D eigenvalue weighted by Crippen LogP contribution is -2.49. The smallest absolute Gasteiger partial charge is 0.191 e. The molecule has 1 aliphatic rings. The van der Waals surface area contributed by atoms with Gasteiger partial charge in [0.2, 0.25) is 0 Å². The zero-order chi connectivity index (χ0) is 15.1. The average Bonchev–Trinajstić information content (AvgIpc) is 2.53. The van der Waals surface area contributed by atoms with Gasteiger partial charge in [-0.2, -0.15) is 0 Å². The fourth-order valence-corrected chi connectivity index (χ4v) is 2.73. The number of benzene rings is 1. The summed E-state index contributed by atoms with van der Waals surface area (Å²) in [6.45, 7) is 7.70. The molecule has 21 heavy (non-hydrogen) atoms. The Morgan fingerprint density at radius 2 is 1.90 bits per heavy atom. The van der Waals surface area contributed by atoms with Crippen molar-refractivity contribution >= 4 is 5.96 Å². The van der Waals surface area contributed by atoms with E-state index >= 15 is 0 Å². The maximum absolute atomic E-state index is 4.33. The highest BCUT2D eigenvalue weighted by Crippen LogP contribution is 2.12. The molecule has 2 rings (SSSR count). The molecule has 0 aromatic heterocycles. The predicted molar refractivity (Wildman–Crippen MR) is 89.5 cm³/mol. The Labute approximate surface area is 128 Å². The minimum atomic E-state index is 0.530. The van der Waals surface area contributed by atoms with Gasteiger partial charge in [0.1, 0.15) is 0 Å². The van der Waals surface area contributed by atoms with Crippen LogP contribution in [0.5, 0.6) is 0 Å². The maximum Gasteiger partial charge on any atom is 0.191 e. The lowest BCUT2D eigenvalue weighted by atomic mass is 10.0. The topological polar surface area (TPSA) is 39.7 Å². The monoisotopic (exact) mass is 288 g/mol. The van der Waals surface area contributed by atoms with Crippen LogP contribution in [-0.2, 0) is 6.54 Å². The number of aliphatic imine (C=N–C) groups is 1. The molecule has 1 aliphatic heterocycles. The highest BCUT2D eigenvalue weighted by molar-refractivity contribution is 5.79. The summed E-state index contributed by atoms with van der Waals surface area (Å²) in [4.78, 5) is 6.87. The first-order chi connectivity index (χ1) is 10.2. The summed E-state index contributed by atoms with van der Waals surface area (Å²) in [6, 6.07) is 11.6. The van der Waals surface area contributed by atoms with E-state index in [0.717, 1.165) is 12.5 Å². The third-order valence-electron chi connectivity index (χ3n) is 4.13. The minimum Gasteiger partial charge on any atom is -0.354 e. The second kappa shape index (κ2) is 8.03. The van der Waals surface area contributed by atoms with Gasteiger partial charge in [0.15, 0.2) is 5.96 Å². The maximum atomic E-state index is 4.33. The fourth-order valence-electron chi connectivity index (χ4n) is 2.73. The molecular formula is C17H28N4. The van der Waals surface area contributed by atoms with Crippen molar-refractivity contribution in [3.8, 4) is 0 Å². The van der Waals surface area contributed by atoms with Crippen molar-refractivity contribution in [3.63, 3.8) is 0 Å². The van der Waals surface area contributed by atoms with Crippen molar-refractivity contribution in [1.82, 2.24) is 15.5 Å². The molecule has 0 amide bonds. The van der Waals surface area contributed by atoms with E-state index in [1.807, 2.05) is 13.1 Å². The van der Waals surface area contributed by atoms with Crippen LogP contribution in [0.2, 0.25) is 0 Å². The number of hydrogen-bond donors (Lipinski definition) is 2. The number of nitrogens with one attached hydrogen (secondary N) is 2. The Bertz CT molecular complexity index is 433. The van der Waals surface area contributed by atoms with Gasteiger partial charge in [-0.25, -0.2) is 0 Å².